The highest BCUT2D eigenvalue weighted by molar-refractivity contribution is 7.89. The van der Waals surface area contributed by atoms with Crippen molar-refractivity contribution in [2.24, 2.45) is 5.73 Å². The Hall–Kier alpha value is -1.48. The average molecular weight is 301 g/mol. The summed E-state index contributed by atoms with van der Waals surface area (Å²) in [5.41, 5.74) is 9.60. The molecule has 0 radical (unpaired) electrons. The quantitative estimate of drug-likeness (QED) is 0.540. The number of hydrazine groups is 1. The van der Waals surface area contributed by atoms with Gasteiger partial charge in [0.05, 0.1) is 4.90 Å². The van der Waals surface area contributed by atoms with Crippen LogP contribution < -0.4 is 16.0 Å². The zero-order valence-corrected chi connectivity index (χ0v) is 12.4. The molecule has 1 rings (SSSR count). The van der Waals surface area contributed by atoms with Crippen molar-refractivity contribution in [1.82, 2.24) is 10.3 Å². The van der Waals surface area contributed by atoms with Crippen LogP contribution in [0.25, 0.3) is 0 Å². The van der Waals surface area contributed by atoms with Gasteiger partial charge in [-0.15, -0.1) is 4.83 Å². The van der Waals surface area contributed by atoms with E-state index in [2.05, 4.69) is 10.3 Å². The molecule has 8 heteroatoms. The van der Waals surface area contributed by atoms with E-state index in [1.165, 1.54) is 0 Å². The van der Waals surface area contributed by atoms with Crippen LogP contribution in [0.15, 0.2) is 17.0 Å². The number of hydrogen-bond donors (Lipinski definition) is 4. The lowest BCUT2D eigenvalue weighted by Gasteiger charge is -2.16. The highest BCUT2D eigenvalue weighted by Gasteiger charge is 2.22. The minimum absolute atomic E-state index is 0.136. The number of rotatable bonds is 6. The van der Waals surface area contributed by atoms with Crippen LogP contribution in [0.5, 0.6) is 0 Å². The molecule has 0 fully saturated rings. The van der Waals surface area contributed by atoms with E-state index in [1.807, 2.05) is 6.92 Å². The summed E-state index contributed by atoms with van der Waals surface area (Å²) in [6.07, 6.45) is 0. The van der Waals surface area contributed by atoms with E-state index < -0.39 is 22.0 Å². The lowest BCUT2D eigenvalue weighted by molar-refractivity contribution is -0.139. The molecule has 1 aromatic rings. The van der Waals surface area contributed by atoms with Crippen molar-refractivity contribution >= 4 is 16.0 Å². The van der Waals surface area contributed by atoms with Gasteiger partial charge in [0, 0.05) is 6.54 Å². The Bertz CT molecular complexity index is 590. The molecule has 1 aromatic carbocycles. The van der Waals surface area contributed by atoms with Gasteiger partial charge < -0.3 is 10.8 Å². The van der Waals surface area contributed by atoms with Crippen molar-refractivity contribution in [3.05, 3.63) is 28.8 Å². The zero-order chi connectivity index (χ0) is 15.5. The minimum atomic E-state index is -3.86. The molecule has 5 N–H and O–H groups in total. The van der Waals surface area contributed by atoms with E-state index in [-0.39, 0.29) is 11.4 Å². The fraction of sp³-hybridized carbons (Fsp3) is 0.417. The Labute approximate surface area is 118 Å². The SMILES string of the molecule is Cc1cc(C)c(S(=O)(=O)NN[C@@H](CN)C(=O)O)c(C)c1. The molecule has 0 saturated carbocycles. The Morgan fingerprint density at radius 3 is 2.20 bits per heavy atom. The monoisotopic (exact) mass is 301 g/mol. The molecule has 0 aliphatic carbocycles. The summed E-state index contributed by atoms with van der Waals surface area (Å²) >= 11 is 0. The molecule has 0 spiro atoms. The fourth-order valence-electron chi connectivity index (χ4n) is 2.01. The molecular weight excluding hydrogens is 282 g/mol. The van der Waals surface area contributed by atoms with Crippen molar-refractivity contribution in [3.63, 3.8) is 0 Å². The normalized spacial score (nSPS) is 13.2. The van der Waals surface area contributed by atoms with E-state index in [0.29, 0.717) is 11.1 Å². The third-order valence-electron chi connectivity index (χ3n) is 2.77. The zero-order valence-electron chi connectivity index (χ0n) is 11.6. The van der Waals surface area contributed by atoms with Gasteiger partial charge in [0.2, 0.25) is 0 Å². The smallest absolute Gasteiger partial charge is 0.323 e. The molecular formula is C12H19N3O4S. The molecule has 0 aromatic heterocycles. The van der Waals surface area contributed by atoms with Crippen LogP contribution in [-0.4, -0.2) is 32.1 Å². The maximum absolute atomic E-state index is 12.2. The molecule has 0 unspecified atom stereocenters. The topological polar surface area (TPSA) is 122 Å². The standard InChI is InChI=1S/C12H19N3O4S/c1-7-4-8(2)11(9(3)5-7)20(18,19)15-14-10(6-13)12(16)17/h4-5,10,14-15H,6,13H2,1-3H3,(H,16,17)/t10-/m0/s1. The van der Waals surface area contributed by atoms with Crippen molar-refractivity contribution in [2.75, 3.05) is 6.54 Å². The van der Waals surface area contributed by atoms with Crippen LogP contribution in [-0.2, 0) is 14.8 Å². The van der Waals surface area contributed by atoms with Crippen LogP contribution in [0, 0.1) is 20.8 Å². The molecule has 1 atom stereocenters. The summed E-state index contributed by atoms with van der Waals surface area (Å²) in [6.45, 7) is 5.01. The van der Waals surface area contributed by atoms with E-state index in [1.54, 1.807) is 26.0 Å². The lowest BCUT2D eigenvalue weighted by atomic mass is 10.1. The second-order valence-electron chi connectivity index (χ2n) is 4.60. The first-order chi connectivity index (χ1) is 9.19. The van der Waals surface area contributed by atoms with Crippen molar-refractivity contribution in [2.45, 2.75) is 31.7 Å². The average Bonchev–Trinajstić information content (AvgIpc) is 2.26. The van der Waals surface area contributed by atoms with Crippen LogP contribution in [0.1, 0.15) is 16.7 Å². The number of carboxylic acid groups (broad SMARTS) is 1. The van der Waals surface area contributed by atoms with Crippen molar-refractivity contribution in [3.8, 4) is 0 Å². The summed E-state index contributed by atoms with van der Waals surface area (Å²) in [5, 5.41) is 8.81. The van der Waals surface area contributed by atoms with Gasteiger partial charge in [-0.1, -0.05) is 17.7 Å². The number of benzene rings is 1. The summed E-state index contributed by atoms with van der Waals surface area (Å²) in [7, 11) is -3.86. The predicted octanol–water partition coefficient (Wildman–Crippen LogP) is -0.193. The molecule has 0 saturated heterocycles. The first-order valence-electron chi connectivity index (χ1n) is 5.97. The lowest BCUT2D eigenvalue weighted by Crippen LogP contribution is -2.51. The number of sulfonamides is 1. The first-order valence-corrected chi connectivity index (χ1v) is 7.45. The number of hydrogen-bond acceptors (Lipinski definition) is 5. The highest BCUT2D eigenvalue weighted by Crippen LogP contribution is 2.21. The number of aryl methyl sites for hydroxylation is 3. The largest absolute Gasteiger partial charge is 0.480 e. The first kappa shape index (κ1) is 16.6. The Balaban J connectivity index is 3.04. The molecule has 0 bridgehead atoms. The van der Waals surface area contributed by atoms with Crippen LogP contribution >= 0.6 is 0 Å². The number of aliphatic carboxylic acids is 1. The Morgan fingerprint density at radius 1 is 1.30 bits per heavy atom. The number of nitrogens with two attached hydrogens (primary N) is 1. The third kappa shape index (κ3) is 3.76. The van der Waals surface area contributed by atoms with Gasteiger partial charge in [-0.2, -0.15) is 0 Å². The maximum atomic E-state index is 12.2. The Kier molecular flexibility index (Phi) is 5.23. The van der Waals surface area contributed by atoms with Crippen LogP contribution in [0.3, 0.4) is 0 Å². The molecule has 7 nitrogen and oxygen atoms in total. The van der Waals surface area contributed by atoms with Gasteiger partial charge in [-0.05, 0) is 31.9 Å². The maximum Gasteiger partial charge on any atom is 0.323 e. The van der Waals surface area contributed by atoms with Crippen molar-refractivity contribution in [1.29, 1.82) is 0 Å². The van der Waals surface area contributed by atoms with Crippen molar-refractivity contribution < 1.29 is 18.3 Å². The number of carbonyl (C=O) groups is 1. The molecule has 20 heavy (non-hydrogen) atoms. The van der Waals surface area contributed by atoms with Crippen LogP contribution in [0.2, 0.25) is 0 Å². The van der Waals surface area contributed by atoms with Gasteiger partial charge >= 0.3 is 5.97 Å². The van der Waals surface area contributed by atoms with Crippen LogP contribution in [0.4, 0.5) is 0 Å². The van der Waals surface area contributed by atoms with Gasteiger partial charge in [0.25, 0.3) is 10.0 Å². The summed E-state index contributed by atoms with van der Waals surface area (Å²) in [4.78, 5) is 13.0. The van der Waals surface area contributed by atoms with E-state index in [9.17, 15) is 13.2 Å². The van der Waals surface area contributed by atoms with Gasteiger partial charge in [-0.3, -0.25) is 4.79 Å². The van der Waals surface area contributed by atoms with Gasteiger partial charge in [0.1, 0.15) is 6.04 Å². The van der Waals surface area contributed by atoms with E-state index >= 15 is 0 Å². The highest BCUT2D eigenvalue weighted by atomic mass is 32.2. The van der Waals surface area contributed by atoms with Gasteiger partial charge in [-0.25, -0.2) is 13.8 Å². The van der Waals surface area contributed by atoms with E-state index in [0.717, 1.165) is 5.56 Å². The molecule has 0 amide bonds. The second kappa shape index (κ2) is 6.31. The molecule has 0 aliphatic rings. The molecule has 112 valence electrons. The Morgan fingerprint density at radius 2 is 1.80 bits per heavy atom. The number of nitrogens with one attached hydrogen (secondary N) is 2. The molecule has 0 heterocycles. The third-order valence-corrected chi connectivity index (χ3v) is 4.34. The summed E-state index contributed by atoms with van der Waals surface area (Å²) in [6, 6.07) is 2.31. The predicted molar refractivity (Wildman–Crippen MR) is 74.6 cm³/mol. The summed E-state index contributed by atoms with van der Waals surface area (Å²) in [5.74, 6) is -1.23. The number of carboxylic acids is 1. The van der Waals surface area contributed by atoms with E-state index in [4.69, 9.17) is 10.8 Å². The second-order valence-corrected chi connectivity index (χ2v) is 6.22. The fourth-order valence-corrected chi connectivity index (χ4v) is 3.38. The van der Waals surface area contributed by atoms with Gasteiger partial charge in [0.15, 0.2) is 0 Å². The summed E-state index contributed by atoms with van der Waals surface area (Å²) < 4.78 is 24.4. The minimum Gasteiger partial charge on any atom is -0.480 e. The molecule has 0 aliphatic heterocycles.